The maximum atomic E-state index is 11.2. The Morgan fingerprint density at radius 2 is 2.08 bits per heavy atom. The summed E-state index contributed by atoms with van der Waals surface area (Å²) < 4.78 is 0. The number of rotatable bonds is 6. The zero-order chi connectivity index (χ0) is 10.3. The fraction of sp³-hybridized carbons (Fsp3) is 0.889. The van der Waals surface area contributed by atoms with Crippen molar-refractivity contribution < 1.29 is 9.90 Å². The van der Waals surface area contributed by atoms with Crippen LogP contribution in [0.1, 0.15) is 26.7 Å². The van der Waals surface area contributed by atoms with Crippen LogP contribution in [0.15, 0.2) is 0 Å². The van der Waals surface area contributed by atoms with Crippen LogP contribution in [-0.2, 0) is 4.79 Å². The van der Waals surface area contributed by atoms with Gasteiger partial charge in [-0.2, -0.15) is 0 Å². The monoisotopic (exact) mass is 188 g/mol. The minimum Gasteiger partial charge on any atom is -0.393 e. The van der Waals surface area contributed by atoms with Gasteiger partial charge >= 0.3 is 0 Å². The quantitative estimate of drug-likeness (QED) is 0.544. The lowest BCUT2D eigenvalue weighted by Gasteiger charge is -2.15. The number of aliphatic hydroxyl groups is 1. The van der Waals surface area contributed by atoms with Crippen LogP contribution in [0, 0.1) is 0 Å². The summed E-state index contributed by atoms with van der Waals surface area (Å²) in [5.41, 5.74) is 0. The van der Waals surface area contributed by atoms with E-state index in [4.69, 9.17) is 5.11 Å². The van der Waals surface area contributed by atoms with Crippen LogP contribution in [0.25, 0.3) is 0 Å². The third kappa shape index (κ3) is 7.74. The van der Waals surface area contributed by atoms with Crippen LogP contribution >= 0.6 is 0 Å². The van der Waals surface area contributed by atoms with Crippen molar-refractivity contribution in [2.75, 3.05) is 13.6 Å². The second kappa shape index (κ2) is 6.86. The summed E-state index contributed by atoms with van der Waals surface area (Å²) in [5, 5.41) is 14.8. The number of nitrogens with one attached hydrogen (secondary N) is 2. The molecule has 0 bridgehead atoms. The first-order valence-electron chi connectivity index (χ1n) is 4.68. The molecule has 0 saturated heterocycles. The molecule has 0 aromatic rings. The van der Waals surface area contributed by atoms with Crippen molar-refractivity contribution in [1.82, 2.24) is 10.6 Å². The lowest BCUT2D eigenvalue weighted by Crippen LogP contribution is -2.35. The lowest BCUT2D eigenvalue weighted by molar-refractivity contribution is -0.121. The summed E-state index contributed by atoms with van der Waals surface area (Å²) in [7, 11) is 1.81. The number of aliphatic hydroxyl groups excluding tert-OH is 1. The van der Waals surface area contributed by atoms with Crippen LogP contribution in [0.4, 0.5) is 0 Å². The SMILES string of the molecule is CNCCC(=O)NC(C)CC(C)O. The molecule has 0 fully saturated rings. The summed E-state index contributed by atoms with van der Waals surface area (Å²) in [6.45, 7) is 4.30. The van der Waals surface area contributed by atoms with Crippen molar-refractivity contribution in [3.8, 4) is 0 Å². The minimum atomic E-state index is -0.361. The van der Waals surface area contributed by atoms with E-state index < -0.39 is 0 Å². The zero-order valence-electron chi connectivity index (χ0n) is 8.63. The van der Waals surface area contributed by atoms with Crippen LogP contribution in [-0.4, -0.2) is 36.8 Å². The van der Waals surface area contributed by atoms with Gasteiger partial charge < -0.3 is 15.7 Å². The molecule has 13 heavy (non-hydrogen) atoms. The van der Waals surface area contributed by atoms with Gasteiger partial charge in [-0.1, -0.05) is 0 Å². The van der Waals surface area contributed by atoms with Gasteiger partial charge in [-0.3, -0.25) is 4.79 Å². The highest BCUT2D eigenvalue weighted by molar-refractivity contribution is 5.76. The summed E-state index contributed by atoms with van der Waals surface area (Å²) in [6.07, 6.45) is 0.728. The van der Waals surface area contributed by atoms with Crippen LogP contribution < -0.4 is 10.6 Å². The van der Waals surface area contributed by atoms with E-state index in [1.807, 2.05) is 14.0 Å². The van der Waals surface area contributed by atoms with E-state index in [1.165, 1.54) is 0 Å². The molecule has 0 spiro atoms. The standard InChI is InChI=1S/C9H20N2O2/c1-7(6-8(2)12)11-9(13)4-5-10-3/h7-8,10,12H,4-6H2,1-3H3,(H,11,13). The van der Waals surface area contributed by atoms with Gasteiger partial charge in [-0.05, 0) is 27.3 Å². The Hall–Kier alpha value is -0.610. The van der Waals surface area contributed by atoms with E-state index in [0.717, 1.165) is 0 Å². The van der Waals surface area contributed by atoms with Crippen molar-refractivity contribution in [2.45, 2.75) is 38.8 Å². The number of carbonyl (C=O) groups is 1. The van der Waals surface area contributed by atoms with Crippen molar-refractivity contribution >= 4 is 5.91 Å². The van der Waals surface area contributed by atoms with Gasteiger partial charge in [0.25, 0.3) is 0 Å². The summed E-state index contributed by atoms with van der Waals surface area (Å²) in [6, 6.07) is 0.0457. The van der Waals surface area contributed by atoms with Gasteiger partial charge in [0.2, 0.25) is 5.91 Å². The normalized spacial score (nSPS) is 15.1. The number of hydrogen-bond acceptors (Lipinski definition) is 3. The average Bonchev–Trinajstić information content (AvgIpc) is 1.98. The number of carbonyl (C=O) groups excluding carboxylic acids is 1. The Kier molecular flexibility index (Phi) is 6.54. The molecule has 4 nitrogen and oxygen atoms in total. The smallest absolute Gasteiger partial charge is 0.221 e. The van der Waals surface area contributed by atoms with Crippen LogP contribution in [0.2, 0.25) is 0 Å². The molecule has 0 rings (SSSR count). The molecule has 4 heteroatoms. The molecular formula is C9H20N2O2. The first-order chi connectivity index (χ1) is 6.06. The fourth-order valence-corrected chi connectivity index (χ4v) is 1.16. The highest BCUT2D eigenvalue weighted by Gasteiger charge is 2.08. The van der Waals surface area contributed by atoms with Crippen molar-refractivity contribution in [2.24, 2.45) is 0 Å². The first kappa shape index (κ1) is 12.4. The van der Waals surface area contributed by atoms with E-state index in [1.54, 1.807) is 6.92 Å². The van der Waals surface area contributed by atoms with Gasteiger partial charge in [0.1, 0.15) is 0 Å². The molecule has 0 saturated carbocycles. The Morgan fingerprint density at radius 1 is 1.46 bits per heavy atom. The summed E-state index contributed by atoms with van der Waals surface area (Å²) >= 11 is 0. The van der Waals surface area contributed by atoms with Gasteiger partial charge in [0.05, 0.1) is 6.10 Å². The average molecular weight is 188 g/mol. The van der Waals surface area contributed by atoms with E-state index in [9.17, 15) is 4.79 Å². The van der Waals surface area contributed by atoms with Gasteiger partial charge in [-0.25, -0.2) is 0 Å². The lowest BCUT2D eigenvalue weighted by atomic mass is 10.1. The van der Waals surface area contributed by atoms with Gasteiger partial charge in [-0.15, -0.1) is 0 Å². The molecule has 0 aromatic heterocycles. The highest BCUT2D eigenvalue weighted by atomic mass is 16.3. The summed E-state index contributed by atoms with van der Waals surface area (Å²) in [4.78, 5) is 11.2. The second-order valence-corrected chi connectivity index (χ2v) is 3.41. The number of hydrogen-bond donors (Lipinski definition) is 3. The van der Waals surface area contributed by atoms with Crippen molar-refractivity contribution in [3.63, 3.8) is 0 Å². The summed E-state index contributed by atoms with van der Waals surface area (Å²) in [5.74, 6) is 0.0301. The molecule has 0 aliphatic rings. The second-order valence-electron chi connectivity index (χ2n) is 3.41. The highest BCUT2D eigenvalue weighted by Crippen LogP contribution is 1.96. The van der Waals surface area contributed by atoms with Gasteiger partial charge in [0.15, 0.2) is 0 Å². The Bertz CT molecular complexity index is 149. The third-order valence-corrected chi connectivity index (χ3v) is 1.70. The van der Waals surface area contributed by atoms with E-state index in [0.29, 0.717) is 19.4 Å². The molecule has 0 radical (unpaired) electrons. The molecular weight excluding hydrogens is 168 g/mol. The Balaban J connectivity index is 3.53. The molecule has 1 amide bonds. The van der Waals surface area contributed by atoms with Gasteiger partial charge in [0, 0.05) is 19.0 Å². The van der Waals surface area contributed by atoms with Crippen LogP contribution in [0.3, 0.4) is 0 Å². The maximum absolute atomic E-state index is 11.2. The topological polar surface area (TPSA) is 61.4 Å². The fourth-order valence-electron chi connectivity index (χ4n) is 1.16. The Labute approximate surface area is 79.7 Å². The third-order valence-electron chi connectivity index (χ3n) is 1.70. The predicted molar refractivity (Wildman–Crippen MR) is 52.4 cm³/mol. The van der Waals surface area contributed by atoms with E-state index >= 15 is 0 Å². The first-order valence-corrected chi connectivity index (χ1v) is 4.68. The largest absolute Gasteiger partial charge is 0.393 e. The molecule has 0 aliphatic heterocycles. The van der Waals surface area contributed by atoms with Crippen molar-refractivity contribution in [1.29, 1.82) is 0 Å². The van der Waals surface area contributed by atoms with Crippen molar-refractivity contribution in [3.05, 3.63) is 0 Å². The molecule has 0 aromatic carbocycles. The predicted octanol–water partition coefficient (Wildman–Crippen LogP) is -0.128. The van der Waals surface area contributed by atoms with E-state index in [2.05, 4.69) is 10.6 Å². The molecule has 0 aliphatic carbocycles. The maximum Gasteiger partial charge on any atom is 0.221 e. The Morgan fingerprint density at radius 3 is 2.54 bits per heavy atom. The number of amides is 1. The molecule has 2 unspecified atom stereocenters. The molecule has 3 N–H and O–H groups in total. The molecule has 2 atom stereocenters. The molecule has 0 heterocycles. The minimum absolute atomic E-state index is 0.0301. The molecule has 78 valence electrons. The van der Waals surface area contributed by atoms with Crippen LogP contribution in [0.5, 0.6) is 0 Å². The van der Waals surface area contributed by atoms with E-state index in [-0.39, 0.29) is 18.1 Å². The zero-order valence-corrected chi connectivity index (χ0v) is 8.63.